The molecule has 1 saturated heterocycles. The molecule has 4 nitrogen and oxygen atoms in total. The van der Waals surface area contributed by atoms with E-state index in [1.54, 1.807) is 0 Å². The normalized spacial score (nSPS) is 21.5. The van der Waals surface area contributed by atoms with Crippen LogP contribution in [0.2, 0.25) is 0 Å². The Morgan fingerprint density at radius 3 is 2.63 bits per heavy atom. The molecule has 0 aromatic heterocycles. The second-order valence-corrected chi connectivity index (χ2v) is 6.56. The van der Waals surface area contributed by atoms with Crippen LogP contribution in [-0.2, 0) is 4.74 Å². The Morgan fingerprint density at radius 2 is 2.11 bits per heavy atom. The topological polar surface area (TPSA) is 50.8 Å². The fourth-order valence-corrected chi connectivity index (χ4v) is 2.59. The second kappa shape index (κ2) is 8.29. The van der Waals surface area contributed by atoms with Crippen molar-refractivity contribution in [2.75, 3.05) is 26.2 Å². The van der Waals surface area contributed by atoms with E-state index in [0.29, 0.717) is 11.9 Å². The molecule has 0 spiro atoms. The number of aliphatic imine (C=N–C) groups is 1. The highest BCUT2D eigenvalue weighted by Gasteiger charge is 2.21. The van der Waals surface area contributed by atoms with E-state index < -0.39 is 0 Å². The summed E-state index contributed by atoms with van der Waals surface area (Å²) in [6.07, 6.45) is 1.42. The Morgan fingerprint density at radius 1 is 1.47 bits per heavy atom. The highest BCUT2D eigenvalue weighted by Crippen LogP contribution is 2.25. The first-order chi connectivity index (χ1) is 8.30. The maximum absolute atomic E-state index is 6.07. The minimum absolute atomic E-state index is 0. The number of hydrogen-bond acceptors (Lipinski definition) is 2. The van der Waals surface area contributed by atoms with Crippen LogP contribution in [0.4, 0.5) is 0 Å². The van der Waals surface area contributed by atoms with Crippen LogP contribution in [0.5, 0.6) is 0 Å². The molecule has 114 valence electrons. The molecule has 1 unspecified atom stereocenters. The second-order valence-electron chi connectivity index (χ2n) is 6.56. The van der Waals surface area contributed by atoms with Gasteiger partial charge in [-0.2, -0.15) is 0 Å². The lowest BCUT2D eigenvalue weighted by Gasteiger charge is -2.32. The summed E-state index contributed by atoms with van der Waals surface area (Å²) in [5, 5.41) is 0. The average molecular weight is 383 g/mol. The zero-order chi connectivity index (χ0) is 13.8. The van der Waals surface area contributed by atoms with Gasteiger partial charge in [0.15, 0.2) is 5.96 Å². The maximum Gasteiger partial charge on any atom is 0.191 e. The van der Waals surface area contributed by atoms with Gasteiger partial charge in [-0.15, -0.1) is 24.0 Å². The van der Waals surface area contributed by atoms with Crippen LogP contribution in [0.3, 0.4) is 0 Å². The van der Waals surface area contributed by atoms with E-state index in [2.05, 4.69) is 44.5 Å². The monoisotopic (exact) mass is 383 g/mol. The third-order valence-electron chi connectivity index (χ3n) is 3.19. The van der Waals surface area contributed by atoms with E-state index in [1.165, 1.54) is 6.42 Å². The van der Waals surface area contributed by atoms with Gasteiger partial charge in [0, 0.05) is 19.6 Å². The van der Waals surface area contributed by atoms with E-state index in [9.17, 15) is 0 Å². The van der Waals surface area contributed by atoms with Crippen molar-refractivity contribution in [3.8, 4) is 0 Å². The number of rotatable bonds is 4. The predicted octanol–water partition coefficient (Wildman–Crippen LogP) is 2.71. The molecule has 0 bridgehead atoms. The summed E-state index contributed by atoms with van der Waals surface area (Å²) in [6, 6.07) is 0. The molecule has 1 aliphatic rings. The molecule has 1 heterocycles. The third kappa shape index (κ3) is 7.34. The molecule has 1 fully saturated rings. The van der Waals surface area contributed by atoms with E-state index in [1.807, 2.05) is 0 Å². The van der Waals surface area contributed by atoms with Gasteiger partial charge < -0.3 is 15.4 Å². The number of nitrogens with zero attached hydrogens (tertiary/aromatic N) is 2. The average Bonchev–Trinajstić information content (AvgIpc) is 2.24. The Bertz CT molecular complexity index is 292. The van der Waals surface area contributed by atoms with Gasteiger partial charge in [-0.25, -0.2) is 0 Å². The zero-order valence-corrected chi connectivity index (χ0v) is 15.3. The van der Waals surface area contributed by atoms with E-state index in [0.717, 1.165) is 26.2 Å². The largest absolute Gasteiger partial charge is 0.375 e. The first-order valence-corrected chi connectivity index (χ1v) is 6.96. The molecule has 0 amide bonds. The summed E-state index contributed by atoms with van der Waals surface area (Å²) in [5.74, 6) is 1.36. The van der Waals surface area contributed by atoms with Crippen molar-refractivity contribution in [3.05, 3.63) is 0 Å². The van der Waals surface area contributed by atoms with E-state index in [-0.39, 0.29) is 35.5 Å². The smallest absolute Gasteiger partial charge is 0.191 e. The van der Waals surface area contributed by atoms with Crippen LogP contribution in [0.15, 0.2) is 4.99 Å². The lowest BCUT2D eigenvalue weighted by atomic mass is 9.84. The minimum Gasteiger partial charge on any atom is -0.375 e. The van der Waals surface area contributed by atoms with Gasteiger partial charge in [-0.1, -0.05) is 27.7 Å². The minimum atomic E-state index is 0. The van der Waals surface area contributed by atoms with Gasteiger partial charge in [0.1, 0.15) is 0 Å². The van der Waals surface area contributed by atoms with Crippen molar-refractivity contribution in [1.29, 1.82) is 0 Å². The molecule has 1 aliphatic heterocycles. The Hall–Kier alpha value is -0.0400. The van der Waals surface area contributed by atoms with Gasteiger partial charge in [0.25, 0.3) is 0 Å². The van der Waals surface area contributed by atoms with Crippen molar-refractivity contribution in [3.63, 3.8) is 0 Å². The Labute approximate surface area is 135 Å². The Balaban J connectivity index is 0.00000324. The Kier molecular flexibility index (Phi) is 8.27. The van der Waals surface area contributed by atoms with Gasteiger partial charge in [0.2, 0.25) is 0 Å². The molecule has 0 aromatic carbocycles. The number of morpholine rings is 1. The van der Waals surface area contributed by atoms with Crippen molar-refractivity contribution in [1.82, 2.24) is 4.90 Å². The number of halogens is 1. The summed E-state index contributed by atoms with van der Waals surface area (Å²) in [7, 11) is 0. The fourth-order valence-electron chi connectivity index (χ4n) is 2.59. The van der Waals surface area contributed by atoms with Crippen LogP contribution in [0, 0.1) is 11.3 Å². The molecule has 1 rings (SSSR count). The predicted molar refractivity (Wildman–Crippen MR) is 92.1 cm³/mol. The quantitative estimate of drug-likeness (QED) is 0.462. The molecule has 0 saturated carbocycles. The van der Waals surface area contributed by atoms with Crippen LogP contribution >= 0.6 is 24.0 Å². The van der Waals surface area contributed by atoms with Crippen LogP contribution in [-0.4, -0.2) is 43.2 Å². The summed E-state index contributed by atoms with van der Waals surface area (Å²) in [6.45, 7) is 14.3. The number of hydrogen-bond donors (Lipinski definition) is 1. The van der Waals surface area contributed by atoms with Gasteiger partial charge in [-0.3, -0.25) is 4.99 Å². The van der Waals surface area contributed by atoms with Gasteiger partial charge in [0.05, 0.1) is 12.7 Å². The molecular weight excluding hydrogens is 353 g/mol. The molecule has 19 heavy (non-hydrogen) atoms. The molecule has 5 heteroatoms. The highest BCUT2D eigenvalue weighted by molar-refractivity contribution is 14.0. The van der Waals surface area contributed by atoms with Crippen molar-refractivity contribution in [2.24, 2.45) is 22.1 Å². The SMILES string of the molecule is CC(C)CC(C)(C)CN=C(N)N1CCOC(C)C1.I. The fraction of sp³-hybridized carbons (Fsp3) is 0.929. The molecular formula is C14H30IN3O. The standard InChI is InChI=1S/C14H29N3O.HI/c1-11(2)8-14(4,5)10-16-13(15)17-6-7-18-12(3)9-17;/h11-12H,6-10H2,1-5H3,(H2,15,16);1H. The lowest BCUT2D eigenvalue weighted by molar-refractivity contribution is 0.00523. The first-order valence-electron chi connectivity index (χ1n) is 6.96. The number of nitrogens with two attached hydrogens (primary N) is 1. The molecule has 0 aliphatic carbocycles. The summed E-state index contributed by atoms with van der Waals surface area (Å²) in [5.41, 5.74) is 6.29. The van der Waals surface area contributed by atoms with Crippen LogP contribution in [0.25, 0.3) is 0 Å². The number of guanidine groups is 1. The van der Waals surface area contributed by atoms with Crippen molar-refractivity contribution < 1.29 is 4.74 Å². The molecule has 1 atom stereocenters. The first kappa shape index (κ1) is 19.0. The van der Waals surface area contributed by atoms with Gasteiger partial charge >= 0.3 is 0 Å². The molecule has 0 aromatic rings. The molecule has 2 N–H and O–H groups in total. The number of ether oxygens (including phenoxy) is 1. The molecule has 0 radical (unpaired) electrons. The zero-order valence-electron chi connectivity index (χ0n) is 13.0. The summed E-state index contributed by atoms with van der Waals surface area (Å²) < 4.78 is 5.50. The van der Waals surface area contributed by atoms with E-state index in [4.69, 9.17) is 10.5 Å². The van der Waals surface area contributed by atoms with Crippen molar-refractivity contribution in [2.45, 2.75) is 47.1 Å². The van der Waals surface area contributed by atoms with Crippen molar-refractivity contribution >= 4 is 29.9 Å². The maximum atomic E-state index is 6.07. The van der Waals surface area contributed by atoms with Crippen LogP contribution in [0.1, 0.15) is 41.0 Å². The third-order valence-corrected chi connectivity index (χ3v) is 3.19. The lowest BCUT2D eigenvalue weighted by Crippen LogP contribution is -2.48. The highest BCUT2D eigenvalue weighted by atomic mass is 127. The van der Waals surface area contributed by atoms with E-state index >= 15 is 0 Å². The summed E-state index contributed by atoms with van der Waals surface area (Å²) in [4.78, 5) is 6.70. The summed E-state index contributed by atoms with van der Waals surface area (Å²) >= 11 is 0. The van der Waals surface area contributed by atoms with Crippen LogP contribution < -0.4 is 5.73 Å². The van der Waals surface area contributed by atoms with Gasteiger partial charge in [-0.05, 0) is 24.7 Å².